The summed E-state index contributed by atoms with van der Waals surface area (Å²) in [6, 6.07) is 0. The molecule has 0 saturated carbocycles. The summed E-state index contributed by atoms with van der Waals surface area (Å²) in [5.41, 5.74) is 0. The van der Waals surface area contributed by atoms with Crippen molar-refractivity contribution in [2.24, 2.45) is 0 Å². The molecule has 0 N–H and O–H groups in total. The van der Waals surface area contributed by atoms with Crippen LogP contribution in [-0.4, -0.2) is 65.4 Å². The van der Waals surface area contributed by atoms with Gasteiger partial charge in [0.25, 0.3) is 0 Å². The minimum atomic E-state index is -0.116. The number of carbonyl (C=O) groups excluding carboxylic acids is 1. The molecule has 0 aliphatic heterocycles. The van der Waals surface area contributed by atoms with E-state index in [1.807, 2.05) is 0 Å². The fraction of sp³-hybridized carbons (Fsp3) is 0.960. The molecule has 31 heavy (non-hydrogen) atoms. The van der Waals surface area contributed by atoms with Crippen molar-refractivity contribution in [2.75, 3.05) is 59.5 Å². The summed E-state index contributed by atoms with van der Waals surface area (Å²) in [7, 11) is 0. The van der Waals surface area contributed by atoms with Crippen molar-refractivity contribution in [1.82, 2.24) is 0 Å². The van der Waals surface area contributed by atoms with Crippen LogP contribution in [0.3, 0.4) is 0 Å². The van der Waals surface area contributed by atoms with Gasteiger partial charge in [-0.05, 0) is 19.3 Å². The van der Waals surface area contributed by atoms with Gasteiger partial charge in [-0.3, -0.25) is 4.79 Å². The van der Waals surface area contributed by atoms with Gasteiger partial charge in [0.15, 0.2) is 0 Å². The van der Waals surface area contributed by atoms with Crippen LogP contribution < -0.4 is 0 Å². The van der Waals surface area contributed by atoms with Crippen molar-refractivity contribution in [3.63, 3.8) is 0 Å². The van der Waals surface area contributed by atoms with Gasteiger partial charge in [-0.2, -0.15) is 0 Å². The molecular formula is C25H50O6. The van der Waals surface area contributed by atoms with Gasteiger partial charge in [-0.1, -0.05) is 71.6 Å². The molecule has 0 aliphatic rings. The zero-order valence-electron chi connectivity index (χ0n) is 20.5. The van der Waals surface area contributed by atoms with Gasteiger partial charge in [0.1, 0.15) is 0 Å². The summed E-state index contributed by atoms with van der Waals surface area (Å²) in [6.45, 7) is 9.82. The topological polar surface area (TPSA) is 63.2 Å². The van der Waals surface area contributed by atoms with E-state index in [0.717, 1.165) is 25.9 Å². The van der Waals surface area contributed by atoms with Crippen LogP contribution in [-0.2, 0) is 28.5 Å². The molecule has 0 saturated heterocycles. The van der Waals surface area contributed by atoms with Crippen LogP contribution in [0.15, 0.2) is 0 Å². The molecule has 0 rings (SSSR count). The summed E-state index contributed by atoms with van der Waals surface area (Å²) < 4.78 is 27.1. The third-order valence-electron chi connectivity index (χ3n) is 4.94. The Labute approximate surface area is 191 Å². The lowest BCUT2D eigenvalue weighted by molar-refractivity contribution is -0.144. The number of hydrogen-bond acceptors (Lipinski definition) is 6. The Morgan fingerprint density at radius 1 is 0.452 bits per heavy atom. The normalized spacial score (nSPS) is 11.2. The van der Waals surface area contributed by atoms with Crippen molar-refractivity contribution >= 4 is 5.97 Å². The maximum absolute atomic E-state index is 11.7. The SMILES string of the molecule is CCCCCCCCCCOC(=O)CCCOCCOCCOCCOCCCCC. The number of rotatable bonds is 26. The van der Waals surface area contributed by atoms with Crippen LogP contribution >= 0.6 is 0 Å². The van der Waals surface area contributed by atoms with E-state index in [9.17, 15) is 4.79 Å². The molecule has 0 fully saturated rings. The predicted molar refractivity (Wildman–Crippen MR) is 126 cm³/mol. The van der Waals surface area contributed by atoms with Crippen LogP contribution in [0.25, 0.3) is 0 Å². The number of hydrogen-bond donors (Lipinski definition) is 0. The molecule has 6 heteroatoms. The van der Waals surface area contributed by atoms with E-state index in [0.29, 0.717) is 65.7 Å². The van der Waals surface area contributed by atoms with E-state index in [1.54, 1.807) is 0 Å². The van der Waals surface area contributed by atoms with Gasteiger partial charge in [-0.15, -0.1) is 0 Å². The van der Waals surface area contributed by atoms with Gasteiger partial charge in [0.2, 0.25) is 0 Å². The van der Waals surface area contributed by atoms with E-state index in [4.69, 9.17) is 23.7 Å². The highest BCUT2D eigenvalue weighted by molar-refractivity contribution is 5.69. The Morgan fingerprint density at radius 2 is 0.839 bits per heavy atom. The fourth-order valence-corrected chi connectivity index (χ4v) is 3.03. The van der Waals surface area contributed by atoms with Crippen LogP contribution in [0.5, 0.6) is 0 Å². The average Bonchev–Trinajstić information content (AvgIpc) is 2.77. The maximum Gasteiger partial charge on any atom is 0.305 e. The predicted octanol–water partition coefficient (Wildman–Crippen LogP) is 5.71. The molecule has 0 aromatic heterocycles. The highest BCUT2D eigenvalue weighted by atomic mass is 16.6. The Hall–Kier alpha value is -0.690. The summed E-state index contributed by atoms with van der Waals surface area (Å²) in [5, 5.41) is 0. The number of ether oxygens (including phenoxy) is 5. The molecule has 0 bridgehead atoms. The third-order valence-corrected chi connectivity index (χ3v) is 4.94. The summed E-state index contributed by atoms with van der Waals surface area (Å²) in [4.78, 5) is 11.7. The van der Waals surface area contributed by atoms with Crippen molar-refractivity contribution in [3.05, 3.63) is 0 Å². The largest absolute Gasteiger partial charge is 0.466 e. The first-order valence-corrected chi connectivity index (χ1v) is 12.8. The van der Waals surface area contributed by atoms with E-state index in [-0.39, 0.29) is 5.97 Å². The second-order valence-electron chi connectivity index (χ2n) is 7.96. The van der Waals surface area contributed by atoms with Crippen LogP contribution in [0.4, 0.5) is 0 Å². The Balaban J connectivity index is 3.12. The van der Waals surface area contributed by atoms with Crippen LogP contribution in [0, 0.1) is 0 Å². The fourth-order valence-electron chi connectivity index (χ4n) is 3.03. The second kappa shape index (κ2) is 27.3. The smallest absolute Gasteiger partial charge is 0.305 e. The average molecular weight is 447 g/mol. The monoisotopic (exact) mass is 446 g/mol. The summed E-state index contributed by atoms with van der Waals surface area (Å²) >= 11 is 0. The Bertz CT molecular complexity index is 351. The minimum absolute atomic E-state index is 0.116. The van der Waals surface area contributed by atoms with Gasteiger partial charge in [0, 0.05) is 19.6 Å². The molecule has 0 atom stereocenters. The molecule has 0 aliphatic carbocycles. The molecule has 6 nitrogen and oxygen atoms in total. The van der Waals surface area contributed by atoms with Gasteiger partial charge < -0.3 is 23.7 Å². The van der Waals surface area contributed by atoms with Gasteiger partial charge >= 0.3 is 5.97 Å². The Morgan fingerprint density at radius 3 is 1.39 bits per heavy atom. The first-order valence-electron chi connectivity index (χ1n) is 12.8. The van der Waals surface area contributed by atoms with Crippen LogP contribution in [0.1, 0.15) is 97.3 Å². The molecule has 0 heterocycles. The zero-order chi connectivity index (χ0) is 22.7. The number of carbonyl (C=O) groups is 1. The zero-order valence-corrected chi connectivity index (χ0v) is 20.5. The van der Waals surface area contributed by atoms with Gasteiger partial charge in [-0.25, -0.2) is 0 Å². The van der Waals surface area contributed by atoms with Gasteiger partial charge in [0.05, 0.1) is 46.2 Å². The molecule has 0 spiro atoms. The summed E-state index contributed by atoms with van der Waals surface area (Å²) in [5.74, 6) is -0.116. The van der Waals surface area contributed by atoms with E-state index >= 15 is 0 Å². The molecule has 186 valence electrons. The molecule has 0 unspecified atom stereocenters. The van der Waals surface area contributed by atoms with Crippen molar-refractivity contribution in [1.29, 1.82) is 0 Å². The van der Waals surface area contributed by atoms with E-state index in [2.05, 4.69) is 13.8 Å². The van der Waals surface area contributed by atoms with Crippen molar-refractivity contribution < 1.29 is 28.5 Å². The lowest BCUT2D eigenvalue weighted by atomic mass is 10.1. The number of unbranched alkanes of at least 4 members (excludes halogenated alkanes) is 9. The quantitative estimate of drug-likeness (QED) is 0.125. The standard InChI is InChI=1S/C25H50O6/c1-3-5-7-8-9-10-11-13-18-31-25(26)15-14-17-28-20-22-30-24-23-29-21-19-27-16-12-6-4-2/h3-24H2,1-2H3. The maximum atomic E-state index is 11.7. The highest BCUT2D eigenvalue weighted by Crippen LogP contribution is 2.08. The van der Waals surface area contributed by atoms with E-state index < -0.39 is 0 Å². The van der Waals surface area contributed by atoms with Crippen molar-refractivity contribution in [3.8, 4) is 0 Å². The third kappa shape index (κ3) is 27.3. The molecule has 0 amide bonds. The molecular weight excluding hydrogens is 396 g/mol. The molecule has 0 aromatic rings. The summed E-state index contributed by atoms with van der Waals surface area (Å²) in [6.07, 6.45) is 14.7. The number of esters is 1. The van der Waals surface area contributed by atoms with E-state index in [1.165, 1.54) is 51.4 Å². The lowest BCUT2D eigenvalue weighted by Gasteiger charge is -2.08. The molecule has 0 aromatic carbocycles. The minimum Gasteiger partial charge on any atom is -0.466 e. The first kappa shape index (κ1) is 30.3. The second-order valence-corrected chi connectivity index (χ2v) is 7.96. The first-order chi connectivity index (χ1) is 15.3. The lowest BCUT2D eigenvalue weighted by Crippen LogP contribution is -2.12. The van der Waals surface area contributed by atoms with Crippen LogP contribution in [0.2, 0.25) is 0 Å². The van der Waals surface area contributed by atoms with Crippen molar-refractivity contribution in [2.45, 2.75) is 97.3 Å². The Kier molecular flexibility index (Phi) is 26.7. The highest BCUT2D eigenvalue weighted by Gasteiger charge is 2.02. The molecule has 0 radical (unpaired) electrons.